The predicted octanol–water partition coefficient (Wildman–Crippen LogP) is 3.08. The fourth-order valence-corrected chi connectivity index (χ4v) is 1.29. The fraction of sp³-hybridized carbons (Fsp3) is 0.250. The Hall–Kier alpha value is -2.18. The van der Waals surface area contributed by atoms with Gasteiger partial charge in [0.1, 0.15) is 0 Å². The highest BCUT2D eigenvalue weighted by Crippen LogP contribution is 2.33. The average molecular weight is 276 g/mol. The molecule has 19 heavy (non-hydrogen) atoms. The van der Waals surface area contributed by atoms with Crippen molar-refractivity contribution in [1.82, 2.24) is 0 Å². The number of benzene rings is 1. The summed E-state index contributed by atoms with van der Waals surface area (Å²) in [4.78, 5) is 10.6. The summed E-state index contributed by atoms with van der Waals surface area (Å²) >= 11 is 0. The van der Waals surface area contributed by atoms with E-state index in [1.165, 1.54) is 32.2 Å². The van der Waals surface area contributed by atoms with Gasteiger partial charge in [-0.05, 0) is 30.7 Å². The second-order valence-electron chi connectivity index (χ2n) is 3.59. The molecule has 1 N–H and O–H groups in total. The van der Waals surface area contributed by atoms with Gasteiger partial charge >= 0.3 is 12.3 Å². The van der Waals surface area contributed by atoms with Crippen molar-refractivity contribution in [2.45, 2.75) is 13.3 Å². The number of carboxylic acids is 1. The first-order chi connectivity index (χ1) is 8.73. The first kappa shape index (κ1) is 14.9. The molecular formula is C12H11F3O4. The van der Waals surface area contributed by atoms with Gasteiger partial charge in [0, 0.05) is 5.57 Å². The molecule has 0 bridgehead atoms. The lowest BCUT2D eigenvalue weighted by Crippen LogP contribution is -2.17. The number of aliphatic carboxylic acids is 1. The van der Waals surface area contributed by atoms with E-state index in [0.717, 1.165) is 6.07 Å². The van der Waals surface area contributed by atoms with Crippen LogP contribution in [-0.2, 0) is 4.79 Å². The van der Waals surface area contributed by atoms with E-state index in [9.17, 15) is 18.0 Å². The van der Waals surface area contributed by atoms with E-state index in [1.54, 1.807) is 0 Å². The zero-order valence-corrected chi connectivity index (χ0v) is 10.1. The second kappa shape index (κ2) is 5.64. The highest BCUT2D eigenvalue weighted by molar-refractivity contribution is 5.91. The van der Waals surface area contributed by atoms with Gasteiger partial charge in [0.2, 0.25) is 0 Å². The fourth-order valence-electron chi connectivity index (χ4n) is 1.29. The van der Waals surface area contributed by atoms with Crippen molar-refractivity contribution >= 4 is 12.0 Å². The molecule has 4 nitrogen and oxygen atoms in total. The van der Waals surface area contributed by atoms with Crippen LogP contribution >= 0.6 is 0 Å². The van der Waals surface area contributed by atoms with E-state index in [0.29, 0.717) is 5.56 Å². The van der Waals surface area contributed by atoms with Gasteiger partial charge in [-0.15, -0.1) is 13.2 Å². The molecule has 0 aliphatic rings. The number of rotatable bonds is 4. The number of ether oxygens (including phenoxy) is 2. The number of carboxylic acid groups (broad SMARTS) is 1. The summed E-state index contributed by atoms with van der Waals surface area (Å²) in [5.74, 6) is -1.74. The van der Waals surface area contributed by atoms with Gasteiger partial charge in [-0.1, -0.05) is 6.07 Å². The van der Waals surface area contributed by atoms with Crippen LogP contribution in [0.1, 0.15) is 12.5 Å². The van der Waals surface area contributed by atoms with Crippen LogP contribution < -0.4 is 9.47 Å². The summed E-state index contributed by atoms with van der Waals surface area (Å²) in [7, 11) is 1.19. The Morgan fingerprint density at radius 3 is 2.42 bits per heavy atom. The second-order valence-corrected chi connectivity index (χ2v) is 3.59. The summed E-state index contributed by atoms with van der Waals surface area (Å²) in [6.07, 6.45) is -3.51. The Morgan fingerprint density at radius 2 is 1.95 bits per heavy atom. The van der Waals surface area contributed by atoms with Gasteiger partial charge in [0.05, 0.1) is 7.11 Å². The maximum absolute atomic E-state index is 12.1. The third kappa shape index (κ3) is 4.53. The molecule has 1 rings (SSSR count). The van der Waals surface area contributed by atoms with Gasteiger partial charge in [-0.25, -0.2) is 4.79 Å². The highest BCUT2D eigenvalue weighted by atomic mass is 19.4. The van der Waals surface area contributed by atoms with Crippen molar-refractivity contribution < 1.29 is 32.5 Å². The quantitative estimate of drug-likeness (QED) is 0.859. The topological polar surface area (TPSA) is 55.8 Å². The molecule has 0 aromatic heterocycles. The number of carbonyl (C=O) groups is 1. The van der Waals surface area contributed by atoms with E-state index in [2.05, 4.69) is 4.74 Å². The molecule has 0 saturated heterocycles. The Bertz CT molecular complexity index is 506. The van der Waals surface area contributed by atoms with Crippen LogP contribution in [0.25, 0.3) is 6.08 Å². The summed E-state index contributed by atoms with van der Waals surface area (Å²) in [5.41, 5.74) is 0.442. The van der Waals surface area contributed by atoms with Crippen molar-refractivity contribution in [3.05, 3.63) is 29.3 Å². The number of hydrogen-bond donors (Lipinski definition) is 1. The van der Waals surface area contributed by atoms with Gasteiger partial charge < -0.3 is 14.6 Å². The molecule has 0 atom stereocenters. The Balaban J connectivity index is 3.09. The van der Waals surface area contributed by atoms with Crippen molar-refractivity contribution in [1.29, 1.82) is 0 Å². The lowest BCUT2D eigenvalue weighted by atomic mass is 10.1. The monoisotopic (exact) mass is 276 g/mol. The van der Waals surface area contributed by atoms with Gasteiger partial charge in [0.15, 0.2) is 11.5 Å². The average Bonchev–Trinajstić information content (AvgIpc) is 2.29. The predicted molar refractivity (Wildman–Crippen MR) is 61.0 cm³/mol. The van der Waals surface area contributed by atoms with Crippen molar-refractivity contribution in [3.63, 3.8) is 0 Å². The van der Waals surface area contributed by atoms with Crippen LogP contribution in [0.5, 0.6) is 11.5 Å². The third-order valence-electron chi connectivity index (χ3n) is 2.13. The summed E-state index contributed by atoms with van der Waals surface area (Å²) < 4.78 is 44.9. The summed E-state index contributed by atoms with van der Waals surface area (Å²) in [6, 6.07) is 3.62. The Labute approximate surface area is 107 Å². The smallest absolute Gasteiger partial charge is 0.493 e. The summed E-state index contributed by atoms with van der Waals surface area (Å²) in [5, 5.41) is 8.70. The SMILES string of the molecule is COc1cc(C=C(C)C(=O)O)ccc1OC(F)(F)F. The number of hydrogen-bond acceptors (Lipinski definition) is 3. The lowest BCUT2D eigenvalue weighted by Gasteiger charge is -2.12. The Kier molecular flexibility index (Phi) is 4.42. The van der Waals surface area contributed by atoms with Gasteiger partial charge in [0.25, 0.3) is 0 Å². The normalized spacial score (nSPS) is 12.2. The van der Waals surface area contributed by atoms with Crippen LogP contribution in [0.4, 0.5) is 13.2 Å². The first-order valence-electron chi connectivity index (χ1n) is 5.08. The maximum atomic E-state index is 12.1. The van der Waals surface area contributed by atoms with Crippen LogP contribution in [0, 0.1) is 0 Å². The number of halogens is 3. The molecule has 7 heteroatoms. The summed E-state index contributed by atoms with van der Waals surface area (Å²) in [6.45, 7) is 1.37. The zero-order chi connectivity index (χ0) is 14.6. The van der Waals surface area contributed by atoms with Crippen LogP contribution in [0.15, 0.2) is 23.8 Å². The van der Waals surface area contributed by atoms with E-state index in [-0.39, 0.29) is 11.3 Å². The minimum absolute atomic E-state index is 0.0477. The first-order valence-corrected chi connectivity index (χ1v) is 5.08. The van der Waals surface area contributed by atoms with Crippen LogP contribution in [-0.4, -0.2) is 24.5 Å². The highest BCUT2D eigenvalue weighted by Gasteiger charge is 2.32. The molecule has 104 valence electrons. The molecule has 0 aliphatic carbocycles. The maximum Gasteiger partial charge on any atom is 0.573 e. The number of methoxy groups -OCH3 is 1. The molecule has 0 unspecified atom stereocenters. The van der Waals surface area contributed by atoms with Crippen molar-refractivity contribution in [2.24, 2.45) is 0 Å². The van der Waals surface area contributed by atoms with Crippen LogP contribution in [0.3, 0.4) is 0 Å². The van der Waals surface area contributed by atoms with Crippen LogP contribution in [0.2, 0.25) is 0 Å². The van der Waals surface area contributed by atoms with Gasteiger partial charge in [-0.3, -0.25) is 0 Å². The van der Waals surface area contributed by atoms with E-state index < -0.39 is 18.1 Å². The Morgan fingerprint density at radius 1 is 1.32 bits per heavy atom. The molecule has 1 aromatic rings. The minimum Gasteiger partial charge on any atom is -0.493 e. The molecule has 0 saturated carbocycles. The molecule has 0 fully saturated rings. The van der Waals surface area contributed by atoms with Gasteiger partial charge in [-0.2, -0.15) is 0 Å². The van der Waals surface area contributed by atoms with Crippen molar-refractivity contribution in [2.75, 3.05) is 7.11 Å². The molecular weight excluding hydrogens is 265 g/mol. The molecule has 0 amide bonds. The molecule has 0 aliphatic heterocycles. The molecule has 0 spiro atoms. The molecule has 0 radical (unpaired) electrons. The number of alkyl halides is 3. The minimum atomic E-state index is -4.82. The molecule has 0 heterocycles. The third-order valence-corrected chi connectivity index (χ3v) is 2.13. The zero-order valence-electron chi connectivity index (χ0n) is 10.1. The van der Waals surface area contributed by atoms with E-state index >= 15 is 0 Å². The largest absolute Gasteiger partial charge is 0.573 e. The van der Waals surface area contributed by atoms with Crippen molar-refractivity contribution in [3.8, 4) is 11.5 Å². The molecule has 1 aromatic carbocycles. The lowest BCUT2D eigenvalue weighted by molar-refractivity contribution is -0.275. The van der Waals surface area contributed by atoms with E-state index in [4.69, 9.17) is 9.84 Å². The van der Waals surface area contributed by atoms with E-state index in [1.807, 2.05) is 0 Å². The standard InChI is InChI=1S/C12H11F3O4/c1-7(11(16)17)5-8-3-4-9(10(6-8)18-2)19-12(13,14)15/h3-6H,1-2H3,(H,16,17).